The smallest absolute Gasteiger partial charge is 0.253 e. The lowest BCUT2D eigenvalue weighted by molar-refractivity contribution is 0.0827. The molecule has 0 heterocycles. The van der Waals surface area contributed by atoms with Crippen molar-refractivity contribution in [1.82, 2.24) is 15.5 Å². The van der Waals surface area contributed by atoms with Gasteiger partial charge in [0.1, 0.15) is 0 Å². The summed E-state index contributed by atoms with van der Waals surface area (Å²) in [4.78, 5) is 18.6. The zero-order chi connectivity index (χ0) is 19.2. The average molecular weight is 498 g/mol. The number of hydrogen-bond donors (Lipinski definition) is 2. The van der Waals surface area contributed by atoms with Crippen molar-refractivity contribution in [2.75, 3.05) is 33.7 Å². The Bertz CT molecular complexity index is 656. The van der Waals surface area contributed by atoms with Crippen molar-refractivity contribution in [3.8, 4) is 0 Å². The van der Waals surface area contributed by atoms with Crippen LogP contribution >= 0.6 is 24.0 Å². The van der Waals surface area contributed by atoms with Gasteiger partial charge >= 0.3 is 0 Å². The van der Waals surface area contributed by atoms with Gasteiger partial charge < -0.3 is 15.5 Å². The highest BCUT2D eigenvalue weighted by molar-refractivity contribution is 14.0. The molecule has 0 atom stereocenters. The summed E-state index contributed by atoms with van der Waals surface area (Å²) in [6.45, 7) is 4.74. The van der Waals surface area contributed by atoms with E-state index in [0.29, 0.717) is 0 Å². The van der Waals surface area contributed by atoms with E-state index < -0.39 is 0 Å². The van der Waals surface area contributed by atoms with E-state index in [1.807, 2.05) is 18.2 Å². The molecule has 2 N–H and O–H groups in total. The fraction of sp³-hybridized carbons (Fsp3) is 0.636. The molecule has 0 aromatic heterocycles. The third-order valence-electron chi connectivity index (χ3n) is 5.55. The Morgan fingerprint density at radius 3 is 2.43 bits per heavy atom. The van der Waals surface area contributed by atoms with Crippen LogP contribution in [0.4, 0.5) is 0 Å². The number of rotatable bonds is 9. The fourth-order valence-electron chi connectivity index (χ4n) is 3.71. The van der Waals surface area contributed by atoms with E-state index in [0.717, 1.165) is 55.3 Å². The zero-order valence-electron chi connectivity index (χ0n) is 17.4. The number of nitrogens with one attached hydrogen (secondary N) is 2. The zero-order valence-corrected chi connectivity index (χ0v) is 19.7. The summed E-state index contributed by atoms with van der Waals surface area (Å²) in [6, 6.07) is 7.90. The molecule has 0 radical (unpaired) electrons. The Morgan fingerprint density at radius 1 is 1.18 bits per heavy atom. The summed E-state index contributed by atoms with van der Waals surface area (Å²) < 4.78 is 0. The lowest BCUT2D eigenvalue weighted by Crippen LogP contribution is -2.38. The van der Waals surface area contributed by atoms with Gasteiger partial charge in [0.2, 0.25) is 0 Å². The highest BCUT2D eigenvalue weighted by Crippen LogP contribution is 2.49. The summed E-state index contributed by atoms with van der Waals surface area (Å²) in [6.07, 6.45) is 6.49. The van der Waals surface area contributed by atoms with Crippen LogP contribution in [0.2, 0.25) is 0 Å². The molecule has 2 saturated carbocycles. The molecule has 2 fully saturated rings. The molecule has 28 heavy (non-hydrogen) atoms. The van der Waals surface area contributed by atoms with Crippen molar-refractivity contribution in [2.45, 2.75) is 39.0 Å². The number of hydrogen-bond acceptors (Lipinski definition) is 2. The molecule has 0 saturated heterocycles. The molecular formula is C22H35IN4O. The van der Waals surface area contributed by atoms with E-state index in [1.165, 1.54) is 31.2 Å². The minimum atomic E-state index is 0. The second-order valence-electron chi connectivity index (χ2n) is 8.14. The van der Waals surface area contributed by atoms with Crippen molar-refractivity contribution in [3.63, 3.8) is 0 Å². The molecule has 1 aromatic rings. The lowest BCUT2D eigenvalue weighted by Gasteiger charge is -2.16. The molecule has 5 nitrogen and oxygen atoms in total. The van der Waals surface area contributed by atoms with Gasteiger partial charge in [-0.15, -0.1) is 24.0 Å². The van der Waals surface area contributed by atoms with Crippen LogP contribution in [0.25, 0.3) is 0 Å². The van der Waals surface area contributed by atoms with E-state index in [4.69, 9.17) is 4.99 Å². The number of aliphatic imine (C=N–C) groups is 1. The Morgan fingerprint density at radius 2 is 1.86 bits per heavy atom. The molecule has 0 bridgehead atoms. The third kappa shape index (κ3) is 6.94. The predicted molar refractivity (Wildman–Crippen MR) is 126 cm³/mol. The maximum atomic E-state index is 12.1. The minimum absolute atomic E-state index is 0. The second-order valence-corrected chi connectivity index (χ2v) is 8.14. The second kappa shape index (κ2) is 11.0. The molecule has 6 heteroatoms. The molecular weight excluding hydrogens is 463 g/mol. The molecule has 1 amide bonds. The summed E-state index contributed by atoms with van der Waals surface area (Å²) in [5.41, 5.74) is 1.91. The highest BCUT2D eigenvalue weighted by Gasteiger charge is 2.41. The van der Waals surface area contributed by atoms with Gasteiger partial charge in [-0.05, 0) is 74.5 Å². The molecule has 0 aliphatic heterocycles. The van der Waals surface area contributed by atoms with Crippen LogP contribution in [-0.4, -0.2) is 50.5 Å². The quantitative estimate of drug-likeness (QED) is 0.311. The maximum Gasteiger partial charge on any atom is 0.253 e. The van der Waals surface area contributed by atoms with Crippen LogP contribution in [0.1, 0.15) is 48.5 Å². The molecule has 2 aliphatic rings. The number of guanidine groups is 1. The normalized spacial score (nSPS) is 16.5. The van der Waals surface area contributed by atoms with E-state index in [-0.39, 0.29) is 29.9 Å². The van der Waals surface area contributed by atoms with Crippen LogP contribution < -0.4 is 10.6 Å². The monoisotopic (exact) mass is 498 g/mol. The van der Waals surface area contributed by atoms with Crippen molar-refractivity contribution < 1.29 is 4.79 Å². The summed E-state index contributed by atoms with van der Waals surface area (Å²) >= 11 is 0. The Labute approximate surface area is 186 Å². The number of halogens is 1. The first-order valence-corrected chi connectivity index (χ1v) is 10.4. The van der Waals surface area contributed by atoms with Crippen molar-refractivity contribution in [2.24, 2.45) is 22.7 Å². The van der Waals surface area contributed by atoms with Crippen LogP contribution in [0.3, 0.4) is 0 Å². The summed E-state index contributed by atoms with van der Waals surface area (Å²) in [5.74, 6) is 3.63. The van der Waals surface area contributed by atoms with Gasteiger partial charge in [0.25, 0.3) is 5.91 Å². The number of benzene rings is 1. The SMILES string of the molecule is CCNC(=NCC(C1CC1)C1CC1)NCCc1cccc(C(=O)N(C)C)c1.I. The largest absolute Gasteiger partial charge is 0.357 e. The van der Waals surface area contributed by atoms with E-state index in [2.05, 4.69) is 23.6 Å². The number of amides is 1. The van der Waals surface area contributed by atoms with E-state index in [1.54, 1.807) is 19.0 Å². The first-order chi connectivity index (χ1) is 13.1. The van der Waals surface area contributed by atoms with Crippen molar-refractivity contribution in [1.29, 1.82) is 0 Å². The van der Waals surface area contributed by atoms with Crippen LogP contribution in [0, 0.1) is 17.8 Å². The number of carbonyl (C=O) groups excluding carboxylic acids is 1. The molecule has 2 aliphatic carbocycles. The van der Waals surface area contributed by atoms with Gasteiger partial charge in [-0.25, -0.2) is 0 Å². The average Bonchev–Trinajstić information content (AvgIpc) is 3.55. The lowest BCUT2D eigenvalue weighted by atomic mass is 9.98. The van der Waals surface area contributed by atoms with Crippen molar-refractivity contribution in [3.05, 3.63) is 35.4 Å². The Balaban J connectivity index is 0.00000280. The molecule has 3 rings (SSSR count). The highest BCUT2D eigenvalue weighted by atomic mass is 127. The fourth-order valence-corrected chi connectivity index (χ4v) is 3.71. The minimum Gasteiger partial charge on any atom is -0.357 e. The van der Waals surface area contributed by atoms with Gasteiger partial charge in [0, 0.05) is 39.3 Å². The molecule has 156 valence electrons. The number of nitrogens with zero attached hydrogens (tertiary/aromatic N) is 2. The summed E-state index contributed by atoms with van der Waals surface area (Å²) in [5, 5.41) is 6.82. The Kier molecular flexibility index (Phi) is 9.05. The van der Waals surface area contributed by atoms with E-state index >= 15 is 0 Å². The topological polar surface area (TPSA) is 56.7 Å². The van der Waals surface area contributed by atoms with Gasteiger partial charge in [0.05, 0.1) is 0 Å². The van der Waals surface area contributed by atoms with Crippen LogP contribution in [0.5, 0.6) is 0 Å². The van der Waals surface area contributed by atoms with Crippen LogP contribution in [-0.2, 0) is 6.42 Å². The summed E-state index contributed by atoms with van der Waals surface area (Å²) in [7, 11) is 3.57. The predicted octanol–water partition coefficient (Wildman–Crippen LogP) is 3.54. The standard InChI is InChI=1S/C22H34N4O.HI/c1-4-23-22(25-15-20(17-8-9-17)18-10-11-18)24-13-12-16-6-5-7-19(14-16)21(27)26(2)3;/h5-7,14,17-18,20H,4,8-13,15H2,1-3H3,(H2,23,24,25);1H. The first-order valence-electron chi connectivity index (χ1n) is 10.4. The third-order valence-corrected chi connectivity index (χ3v) is 5.55. The van der Waals surface area contributed by atoms with Crippen molar-refractivity contribution >= 4 is 35.8 Å². The first kappa shape index (κ1) is 23.0. The van der Waals surface area contributed by atoms with E-state index in [9.17, 15) is 4.79 Å². The van der Waals surface area contributed by atoms with Gasteiger partial charge in [-0.2, -0.15) is 0 Å². The molecule has 0 spiro atoms. The van der Waals surface area contributed by atoms with Crippen LogP contribution in [0.15, 0.2) is 29.3 Å². The Hall–Kier alpha value is -1.31. The number of carbonyl (C=O) groups is 1. The molecule has 1 aromatic carbocycles. The molecule has 0 unspecified atom stereocenters. The maximum absolute atomic E-state index is 12.1. The van der Waals surface area contributed by atoms with Gasteiger partial charge in [-0.3, -0.25) is 9.79 Å². The van der Waals surface area contributed by atoms with Gasteiger partial charge in [0.15, 0.2) is 5.96 Å². The van der Waals surface area contributed by atoms with Gasteiger partial charge in [-0.1, -0.05) is 12.1 Å².